The van der Waals surface area contributed by atoms with Crippen LogP contribution >= 0.6 is 23.5 Å². The Bertz CT molecular complexity index is 403. The van der Waals surface area contributed by atoms with Crippen LogP contribution in [0.2, 0.25) is 0 Å². The highest BCUT2D eigenvalue weighted by Crippen LogP contribution is 2.27. The van der Waals surface area contributed by atoms with Crippen LogP contribution in [0.3, 0.4) is 0 Å². The van der Waals surface area contributed by atoms with Crippen molar-refractivity contribution < 1.29 is 4.79 Å². The minimum atomic E-state index is -0.132. The van der Waals surface area contributed by atoms with E-state index in [1.165, 1.54) is 11.8 Å². The summed E-state index contributed by atoms with van der Waals surface area (Å²) in [5, 5.41) is 1.06. The second-order valence-electron chi connectivity index (χ2n) is 3.52. The second-order valence-corrected chi connectivity index (χ2v) is 5.50. The van der Waals surface area contributed by atoms with Crippen molar-refractivity contribution in [2.24, 2.45) is 4.99 Å². The molecular weight excluding hydrogens is 238 g/mol. The van der Waals surface area contributed by atoms with Crippen LogP contribution in [0.1, 0.15) is 12.0 Å². The van der Waals surface area contributed by atoms with Gasteiger partial charge in [-0.25, -0.2) is 0 Å². The highest BCUT2D eigenvalue weighted by Gasteiger charge is 2.27. The van der Waals surface area contributed by atoms with Crippen molar-refractivity contribution in [2.75, 3.05) is 12.0 Å². The van der Waals surface area contributed by atoms with Gasteiger partial charge in [-0.3, -0.25) is 9.79 Å². The Morgan fingerprint density at radius 3 is 2.81 bits per heavy atom. The number of thioether (sulfide) groups is 2. The molecule has 16 heavy (non-hydrogen) atoms. The van der Waals surface area contributed by atoms with Crippen LogP contribution in [0.4, 0.5) is 0 Å². The van der Waals surface area contributed by atoms with Gasteiger partial charge in [0.1, 0.15) is 11.1 Å². The Labute approximate surface area is 104 Å². The van der Waals surface area contributed by atoms with Gasteiger partial charge in [0.05, 0.1) is 0 Å². The molecule has 1 heterocycles. The van der Waals surface area contributed by atoms with Crippen LogP contribution in [-0.4, -0.2) is 28.2 Å². The van der Waals surface area contributed by atoms with Gasteiger partial charge >= 0.3 is 0 Å². The molecule has 0 aromatic heterocycles. The lowest BCUT2D eigenvalue weighted by atomic mass is 10.2. The number of rotatable bonds is 4. The summed E-state index contributed by atoms with van der Waals surface area (Å²) in [4.78, 5) is 16.2. The smallest absolute Gasteiger partial charge is 0.219 e. The molecule has 84 valence electrons. The quantitative estimate of drug-likeness (QED) is 0.824. The van der Waals surface area contributed by atoms with E-state index < -0.39 is 0 Å². The lowest BCUT2D eigenvalue weighted by molar-refractivity contribution is -0.111. The fourth-order valence-electron chi connectivity index (χ4n) is 1.51. The highest BCUT2D eigenvalue weighted by molar-refractivity contribution is 8.27. The van der Waals surface area contributed by atoms with Crippen LogP contribution in [0.5, 0.6) is 0 Å². The summed E-state index contributed by atoms with van der Waals surface area (Å²) in [7, 11) is 0. The molecule has 2 nitrogen and oxygen atoms in total. The molecule has 0 saturated heterocycles. The third-order valence-electron chi connectivity index (χ3n) is 2.36. The standard InChI is InChI=1S/C12H13NOS2/c1-15-8-7-10-12(14)16-11(13-10)9-5-3-2-4-6-9/h2-6,10H,7-8H2,1H3/t10-/m1/s1. The van der Waals surface area contributed by atoms with E-state index in [-0.39, 0.29) is 11.2 Å². The molecule has 1 aromatic rings. The first-order valence-corrected chi connectivity index (χ1v) is 7.36. The van der Waals surface area contributed by atoms with E-state index in [1.54, 1.807) is 11.8 Å². The second kappa shape index (κ2) is 5.55. The van der Waals surface area contributed by atoms with Crippen molar-refractivity contribution in [3.8, 4) is 0 Å². The van der Waals surface area contributed by atoms with E-state index in [0.29, 0.717) is 0 Å². The summed E-state index contributed by atoms with van der Waals surface area (Å²) >= 11 is 3.04. The van der Waals surface area contributed by atoms with Crippen LogP contribution in [0, 0.1) is 0 Å². The van der Waals surface area contributed by atoms with E-state index in [0.717, 1.165) is 22.8 Å². The van der Waals surface area contributed by atoms with Gasteiger partial charge in [0, 0.05) is 5.56 Å². The zero-order chi connectivity index (χ0) is 11.4. The van der Waals surface area contributed by atoms with Crippen LogP contribution in [-0.2, 0) is 4.79 Å². The molecule has 1 aliphatic rings. The number of aliphatic imine (C=N–C) groups is 1. The topological polar surface area (TPSA) is 29.4 Å². The van der Waals surface area contributed by atoms with Gasteiger partial charge in [0.2, 0.25) is 5.12 Å². The Morgan fingerprint density at radius 1 is 1.38 bits per heavy atom. The van der Waals surface area contributed by atoms with Crippen molar-refractivity contribution in [2.45, 2.75) is 12.5 Å². The number of carbonyl (C=O) groups is 1. The third-order valence-corrected chi connectivity index (χ3v) is 4.01. The zero-order valence-corrected chi connectivity index (χ0v) is 10.7. The van der Waals surface area contributed by atoms with Gasteiger partial charge in [0.15, 0.2) is 0 Å². The largest absolute Gasteiger partial charge is 0.284 e. The molecular formula is C12H13NOS2. The highest BCUT2D eigenvalue weighted by atomic mass is 32.2. The lowest BCUT2D eigenvalue weighted by Gasteiger charge is -2.00. The van der Waals surface area contributed by atoms with Crippen LogP contribution in [0.15, 0.2) is 35.3 Å². The number of hydrogen-bond acceptors (Lipinski definition) is 4. The molecule has 0 radical (unpaired) electrons. The SMILES string of the molecule is CSCC[C@H]1N=C(c2ccccc2)SC1=O. The summed E-state index contributed by atoms with van der Waals surface area (Å²) < 4.78 is 0. The summed E-state index contributed by atoms with van der Waals surface area (Å²) in [6.07, 6.45) is 2.90. The molecule has 1 aliphatic heterocycles. The van der Waals surface area contributed by atoms with Crippen molar-refractivity contribution in [3.63, 3.8) is 0 Å². The Hall–Kier alpha value is -0.740. The molecule has 0 spiro atoms. The van der Waals surface area contributed by atoms with Gasteiger partial charge in [-0.15, -0.1) is 0 Å². The zero-order valence-electron chi connectivity index (χ0n) is 9.05. The summed E-state index contributed by atoms with van der Waals surface area (Å²) in [6, 6.07) is 9.77. The molecule has 0 bridgehead atoms. The first-order valence-electron chi connectivity index (χ1n) is 5.15. The molecule has 1 aromatic carbocycles. The number of carbonyl (C=O) groups excluding carboxylic acids is 1. The first-order chi connectivity index (χ1) is 7.81. The average molecular weight is 251 g/mol. The van der Waals surface area contributed by atoms with Crippen molar-refractivity contribution >= 4 is 33.7 Å². The molecule has 2 rings (SSSR count). The van der Waals surface area contributed by atoms with Gasteiger partial charge in [-0.05, 0) is 30.2 Å². The van der Waals surface area contributed by atoms with E-state index in [9.17, 15) is 4.79 Å². The van der Waals surface area contributed by atoms with E-state index >= 15 is 0 Å². The average Bonchev–Trinajstić information content (AvgIpc) is 2.69. The molecule has 0 saturated carbocycles. The Morgan fingerprint density at radius 2 is 2.12 bits per heavy atom. The van der Waals surface area contributed by atoms with E-state index in [1.807, 2.05) is 36.6 Å². The summed E-state index contributed by atoms with van der Waals surface area (Å²) in [6.45, 7) is 0. The molecule has 0 fully saturated rings. The summed E-state index contributed by atoms with van der Waals surface area (Å²) in [5.41, 5.74) is 1.05. The van der Waals surface area contributed by atoms with Crippen LogP contribution in [0.25, 0.3) is 0 Å². The molecule has 1 atom stereocenters. The van der Waals surface area contributed by atoms with Gasteiger partial charge in [-0.2, -0.15) is 11.8 Å². The maximum Gasteiger partial charge on any atom is 0.219 e. The van der Waals surface area contributed by atoms with Gasteiger partial charge < -0.3 is 0 Å². The molecule has 0 unspecified atom stereocenters. The third kappa shape index (κ3) is 2.68. The van der Waals surface area contributed by atoms with E-state index in [4.69, 9.17) is 0 Å². The number of nitrogens with zero attached hydrogens (tertiary/aromatic N) is 1. The Balaban J connectivity index is 2.10. The van der Waals surface area contributed by atoms with Gasteiger partial charge in [0.25, 0.3) is 0 Å². The lowest BCUT2D eigenvalue weighted by Crippen LogP contribution is -2.11. The van der Waals surface area contributed by atoms with Crippen LogP contribution < -0.4 is 0 Å². The monoisotopic (exact) mass is 251 g/mol. The number of hydrogen-bond donors (Lipinski definition) is 0. The predicted molar refractivity (Wildman–Crippen MR) is 72.4 cm³/mol. The first kappa shape index (κ1) is 11.7. The van der Waals surface area contributed by atoms with Crippen molar-refractivity contribution in [3.05, 3.63) is 35.9 Å². The van der Waals surface area contributed by atoms with Crippen molar-refractivity contribution in [1.29, 1.82) is 0 Å². The summed E-state index contributed by atoms with van der Waals surface area (Å²) in [5.74, 6) is 0.989. The normalized spacial score (nSPS) is 19.9. The maximum absolute atomic E-state index is 11.7. The molecule has 0 amide bonds. The van der Waals surface area contributed by atoms with Gasteiger partial charge in [-0.1, -0.05) is 30.3 Å². The molecule has 4 heteroatoms. The van der Waals surface area contributed by atoms with E-state index in [2.05, 4.69) is 4.99 Å². The fourth-order valence-corrected chi connectivity index (χ4v) is 2.90. The Kier molecular flexibility index (Phi) is 4.07. The molecule has 0 N–H and O–H groups in total. The molecule has 0 aliphatic carbocycles. The minimum Gasteiger partial charge on any atom is -0.284 e. The minimum absolute atomic E-state index is 0.132. The number of benzene rings is 1. The van der Waals surface area contributed by atoms with Crippen molar-refractivity contribution in [1.82, 2.24) is 0 Å². The predicted octanol–water partition coefficient (Wildman–Crippen LogP) is 2.83. The fraction of sp³-hybridized carbons (Fsp3) is 0.333. The maximum atomic E-state index is 11.7.